The molecule has 0 saturated carbocycles. The van der Waals surface area contributed by atoms with Crippen LogP contribution in [-0.4, -0.2) is 19.0 Å². The molecule has 0 bridgehead atoms. The Morgan fingerprint density at radius 2 is 1.77 bits per heavy atom. The highest BCUT2D eigenvalue weighted by molar-refractivity contribution is 5.97. The molecule has 114 valence electrons. The third kappa shape index (κ3) is 3.46. The van der Waals surface area contributed by atoms with Gasteiger partial charge in [0.05, 0.1) is 12.7 Å². The van der Waals surface area contributed by atoms with Crippen LogP contribution in [0, 0.1) is 11.6 Å². The van der Waals surface area contributed by atoms with Gasteiger partial charge in [-0.3, -0.25) is 4.79 Å². The lowest BCUT2D eigenvalue weighted by Gasteiger charge is -2.17. The summed E-state index contributed by atoms with van der Waals surface area (Å²) in [7, 11) is 1.18. The van der Waals surface area contributed by atoms with Crippen molar-refractivity contribution in [3.63, 3.8) is 0 Å². The second kappa shape index (κ2) is 6.80. The molecule has 2 rings (SSSR count). The Hall–Kier alpha value is -2.76. The first-order valence-corrected chi connectivity index (χ1v) is 6.41. The quantitative estimate of drug-likeness (QED) is 0.883. The molecule has 1 amide bonds. The number of halogens is 2. The lowest BCUT2D eigenvalue weighted by atomic mass is 10.1. The molecule has 0 aromatic heterocycles. The molecular weight excluding hydrogens is 292 g/mol. The van der Waals surface area contributed by atoms with Gasteiger partial charge in [-0.05, 0) is 17.7 Å². The van der Waals surface area contributed by atoms with Gasteiger partial charge < -0.3 is 10.1 Å². The van der Waals surface area contributed by atoms with Crippen LogP contribution in [0.4, 0.5) is 8.78 Å². The van der Waals surface area contributed by atoms with Gasteiger partial charge in [-0.1, -0.05) is 30.3 Å². The van der Waals surface area contributed by atoms with Crippen LogP contribution < -0.4 is 5.32 Å². The van der Waals surface area contributed by atoms with Crippen molar-refractivity contribution >= 4 is 11.9 Å². The highest BCUT2D eigenvalue weighted by Gasteiger charge is 2.25. The average molecular weight is 305 g/mol. The van der Waals surface area contributed by atoms with Gasteiger partial charge in [0, 0.05) is 6.07 Å². The number of hydrogen-bond acceptors (Lipinski definition) is 3. The number of carbonyl (C=O) groups excluding carboxylic acids is 2. The fourth-order valence-electron chi connectivity index (χ4n) is 1.92. The van der Waals surface area contributed by atoms with Gasteiger partial charge in [-0.25, -0.2) is 13.6 Å². The Morgan fingerprint density at radius 1 is 1.09 bits per heavy atom. The Labute approximate surface area is 125 Å². The Morgan fingerprint density at radius 3 is 2.36 bits per heavy atom. The minimum atomic E-state index is -1.08. The Balaban J connectivity index is 2.27. The largest absolute Gasteiger partial charge is 0.467 e. The molecule has 4 nitrogen and oxygen atoms in total. The molecule has 1 atom stereocenters. The van der Waals surface area contributed by atoms with Crippen LogP contribution in [-0.2, 0) is 9.53 Å². The summed E-state index contributed by atoms with van der Waals surface area (Å²) in [6, 6.07) is 9.89. The fourth-order valence-corrected chi connectivity index (χ4v) is 1.92. The predicted molar refractivity (Wildman–Crippen MR) is 75.0 cm³/mol. The molecule has 0 spiro atoms. The van der Waals surface area contributed by atoms with E-state index in [-0.39, 0.29) is 5.56 Å². The summed E-state index contributed by atoms with van der Waals surface area (Å²) in [5.41, 5.74) is 0.136. The van der Waals surface area contributed by atoms with Gasteiger partial charge >= 0.3 is 5.97 Å². The standard InChI is InChI=1S/C16H13F2NO3/c1-22-16(21)14(10-5-3-2-4-6-10)19-15(20)12-8-7-11(17)9-13(12)18/h2-9,14H,1H3,(H,19,20). The average Bonchev–Trinajstić information content (AvgIpc) is 2.52. The number of nitrogens with one attached hydrogen (secondary N) is 1. The van der Waals surface area contributed by atoms with Crippen molar-refractivity contribution in [3.05, 3.63) is 71.3 Å². The van der Waals surface area contributed by atoms with Crippen molar-refractivity contribution in [2.45, 2.75) is 6.04 Å². The summed E-state index contributed by atoms with van der Waals surface area (Å²) < 4.78 is 31.1. The first kappa shape index (κ1) is 15.6. The molecular formula is C16H13F2NO3. The maximum absolute atomic E-state index is 13.6. The number of amides is 1. The molecule has 0 aliphatic carbocycles. The number of ether oxygens (including phenoxy) is 1. The van der Waals surface area contributed by atoms with Crippen LogP contribution in [0.1, 0.15) is 22.0 Å². The van der Waals surface area contributed by atoms with Crippen molar-refractivity contribution in [1.82, 2.24) is 5.32 Å². The van der Waals surface area contributed by atoms with E-state index in [2.05, 4.69) is 10.1 Å². The molecule has 0 saturated heterocycles. The van der Waals surface area contributed by atoms with E-state index in [1.54, 1.807) is 30.3 Å². The molecule has 0 aliphatic heterocycles. The third-order valence-electron chi connectivity index (χ3n) is 3.02. The summed E-state index contributed by atoms with van der Waals surface area (Å²) in [5.74, 6) is -3.32. The zero-order valence-corrected chi connectivity index (χ0v) is 11.7. The Kier molecular flexibility index (Phi) is 4.83. The van der Waals surface area contributed by atoms with E-state index in [4.69, 9.17) is 0 Å². The van der Waals surface area contributed by atoms with Gasteiger partial charge in [-0.15, -0.1) is 0 Å². The molecule has 2 aromatic rings. The van der Waals surface area contributed by atoms with Gasteiger partial charge in [0.15, 0.2) is 6.04 Å². The topological polar surface area (TPSA) is 55.4 Å². The van der Waals surface area contributed by atoms with Crippen LogP contribution in [0.25, 0.3) is 0 Å². The molecule has 1 unspecified atom stereocenters. The van der Waals surface area contributed by atoms with Gasteiger partial charge in [0.25, 0.3) is 5.91 Å². The normalized spacial score (nSPS) is 11.6. The van der Waals surface area contributed by atoms with Crippen molar-refractivity contribution in [2.75, 3.05) is 7.11 Å². The summed E-state index contributed by atoms with van der Waals surface area (Å²) in [6.07, 6.45) is 0. The second-order valence-electron chi connectivity index (χ2n) is 4.46. The maximum atomic E-state index is 13.6. The van der Waals surface area contributed by atoms with Gasteiger partial charge in [0.2, 0.25) is 0 Å². The number of benzene rings is 2. The van der Waals surface area contributed by atoms with Crippen LogP contribution in [0.2, 0.25) is 0 Å². The minimum absolute atomic E-state index is 0.355. The number of rotatable bonds is 4. The summed E-state index contributed by atoms with van der Waals surface area (Å²) in [4.78, 5) is 23.9. The predicted octanol–water partition coefficient (Wildman–Crippen LogP) is 2.61. The first-order valence-electron chi connectivity index (χ1n) is 6.41. The van der Waals surface area contributed by atoms with Gasteiger partial charge in [0.1, 0.15) is 11.6 Å². The lowest BCUT2D eigenvalue weighted by Crippen LogP contribution is -2.35. The smallest absolute Gasteiger partial charge is 0.333 e. The second-order valence-corrected chi connectivity index (χ2v) is 4.46. The molecule has 0 radical (unpaired) electrons. The number of methoxy groups -OCH3 is 1. The minimum Gasteiger partial charge on any atom is -0.467 e. The number of hydrogen-bond donors (Lipinski definition) is 1. The van der Waals surface area contributed by atoms with E-state index < -0.39 is 29.6 Å². The van der Waals surface area contributed by atoms with E-state index in [9.17, 15) is 18.4 Å². The first-order chi connectivity index (χ1) is 10.5. The van der Waals surface area contributed by atoms with Gasteiger partial charge in [-0.2, -0.15) is 0 Å². The summed E-state index contributed by atoms with van der Waals surface area (Å²) >= 11 is 0. The fraction of sp³-hybridized carbons (Fsp3) is 0.125. The van der Waals surface area contributed by atoms with Crippen LogP contribution in [0.3, 0.4) is 0 Å². The zero-order valence-electron chi connectivity index (χ0n) is 11.7. The van der Waals surface area contributed by atoms with E-state index in [1.807, 2.05) is 0 Å². The molecule has 6 heteroatoms. The van der Waals surface area contributed by atoms with Crippen molar-refractivity contribution in [3.8, 4) is 0 Å². The maximum Gasteiger partial charge on any atom is 0.333 e. The molecule has 1 N–H and O–H groups in total. The van der Waals surface area contributed by atoms with Crippen molar-refractivity contribution < 1.29 is 23.1 Å². The molecule has 2 aromatic carbocycles. The molecule has 0 fully saturated rings. The molecule has 22 heavy (non-hydrogen) atoms. The van der Waals surface area contributed by atoms with E-state index in [1.165, 1.54) is 7.11 Å². The Bertz CT molecular complexity index is 689. The van der Waals surface area contributed by atoms with E-state index in [0.29, 0.717) is 11.6 Å². The summed E-state index contributed by atoms with van der Waals surface area (Å²) in [5, 5.41) is 2.38. The van der Waals surface area contributed by atoms with E-state index >= 15 is 0 Å². The zero-order chi connectivity index (χ0) is 16.1. The van der Waals surface area contributed by atoms with E-state index in [0.717, 1.165) is 12.1 Å². The molecule has 0 heterocycles. The lowest BCUT2D eigenvalue weighted by molar-refractivity contribution is -0.143. The van der Waals surface area contributed by atoms with Crippen LogP contribution in [0.15, 0.2) is 48.5 Å². The molecule has 0 aliphatic rings. The highest BCUT2D eigenvalue weighted by Crippen LogP contribution is 2.16. The highest BCUT2D eigenvalue weighted by atomic mass is 19.1. The SMILES string of the molecule is COC(=O)C(NC(=O)c1ccc(F)cc1F)c1ccccc1. The van der Waals surface area contributed by atoms with Crippen LogP contribution >= 0.6 is 0 Å². The summed E-state index contributed by atoms with van der Waals surface area (Å²) in [6.45, 7) is 0. The number of carbonyl (C=O) groups is 2. The van der Waals surface area contributed by atoms with Crippen LogP contribution in [0.5, 0.6) is 0 Å². The van der Waals surface area contributed by atoms with Crippen molar-refractivity contribution in [2.24, 2.45) is 0 Å². The monoisotopic (exact) mass is 305 g/mol. The third-order valence-corrected chi connectivity index (χ3v) is 3.02. The number of esters is 1. The van der Waals surface area contributed by atoms with Crippen molar-refractivity contribution in [1.29, 1.82) is 0 Å².